The average molecular weight is 502 g/mol. The van der Waals surface area contributed by atoms with Gasteiger partial charge in [0.05, 0.1) is 36.7 Å². The number of carbonyl (C=O) groups excluding carboxylic acids is 1. The van der Waals surface area contributed by atoms with Gasteiger partial charge in [-0.2, -0.15) is 0 Å². The maximum Gasteiger partial charge on any atom is 0.339 e. The Hall–Kier alpha value is -2.12. The number of hydrogen-bond donors (Lipinski definition) is 1. The van der Waals surface area contributed by atoms with Crippen LogP contribution in [0.1, 0.15) is 48.3 Å². The lowest BCUT2D eigenvalue weighted by Gasteiger charge is -2.35. The summed E-state index contributed by atoms with van der Waals surface area (Å²) in [5, 5.41) is 11.8. The number of anilines is 1. The molecule has 1 aliphatic rings. The Labute approximate surface area is 210 Å². The van der Waals surface area contributed by atoms with Gasteiger partial charge in [0.25, 0.3) is 0 Å². The lowest BCUT2D eigenvalue weighted by Crippen LogP contribution is -2.43. The smallest absolute Gasteiger partial charge is 0.339 e. The highest BCUT2D eigenvalue weighted by Gasteiger charge is 2.26. The van der Waals surface area contributed by atoms with Crippen LogP contribution in [0.5, 0.6) is 0 Å². The molecule has 2 aromatic carbocycles. The monoisotopic (exact) mass is 501 g/mol. The van der Waals surface area contributed by atoms with E-state index in [1.54, 1.807) is 11.3 Å². The van der Waals surface area contributed by atoms with Gasteiger partial charge in [-0.15, -0.1) is 11.3 Å². The van der Waals surface area contributed by atoms with E-state index in [2.05, 4.69) is 17.9 Å². The van der Waals surface area contributed by atoms with Crippen LogP contribution in [0, 0.1) is 6.92 Å². The molecular formula is C27H32ClNO4S. The van der Waals surface area contributed by atoms with Crippen molar-refractivity contribution in [2.45, 2.75) is 51.7 Å². The van der Waals surface area contributed by atoms with Gasteiger partial charge >= 0.3 is 5.97 Å². The van der Waals surface area contributed by atoms with Crippen LogP contribution in [0.3, 0.4) is 0 Å². The number of carbonyl (C=O) groups is 1. The van der Waals surface area contributed by atoms with E-state index in [0.717, 1.165) is 51.2 Å². The van der Waals surface area contributed by atoms with Crippen molar-refractivity contribution < 1.29 is 19.4 Å². The zero-order chi connectivity index (χ0) is 24.5. The Bertz CT molecular complexity index is 1180. The number of nitrogens with zero attached hydrogens (tertiary/aromatic N) is 1. The molecule has 34 heavy (non-hydrogen) atoms. The third kappa shape index (κ3) is 5.57. The Morgan fingerprint density at radius 3 is 2.82 bits per heavy atom. The lowest BCUT2D eigenvalue weighted by molar-refractivity contribution is 0.0234. The zero-order valence-corrected chi connectivity index (χ0v) is 21.8. The number of rotatable bonds is 7. The second-order valence-electron chi connectivity index (χ2n) is 9.54. The largest absolute Gasteiger partial charge is 0.465 e. The molecule has 0 bridgehead atoms. The zero-order valence-electron chi connectivity index (χ0n) is 20.2. The maximum absolute atomic E-state index is 12.8. The van der Waals surface area contributed by atoms with Gasteiger partial charge in [-0.1, -0.05) is 23.7 Å². The Balaban J connectivity index is 1.63. The van der Waals surface area contributed by atoms with Crippen LogP contribution < -0.4 is 4.90 Å². The predicted octanol–water partition coefficient (Wildman–Crippen LogP) is 6.46. The van der Waals surface area contributed by atoms with E-state index in [1.165, 1.54) is 12.0 Å². The first kappa shape index (κ1) is 25.0. The SMILES string of the molecule is COC(=O)c1cc(-c2c(C)sc3cc(Cl)ccc23)ccc1N1CCO[C@H](CCCC(C)(C)O)C1. The number of aliphatic hydroxyl groups is 1. The van der Waals surface area contributed by atoms with Gasteiger partial charge in [-0.05, 0) is 69.9 Å². The van der Waals surface area contributed by atoms with Crippen LogP contribution in [-0.2, 0) is 9.47 Å². The van der Waals surface area contributed by atoms with Crippen molar-refractivity contribution in [3.63, 3.8) is 0 Å². The highest BCUT2D eigenvalue weighted by molar-refractivity contribution is 7.19. The molecule has 5 nitrogen and oxygen atoms in total. The summed E-state index contributed by atoms with van der Waals surface area (Å²) in [5.41, 5.74) is 2.87. The number of fused-ring (bicyclic) bond motifs is 1. The summed E-state index contributed by atoms with van der Waals surface area (Å²) in [6.45, 7) is 7.78. The molecule has 4 rings (SSSR count). The van der Waals surface area contributed by atoms with Gasteiger partial charge in [0.15, 0.2) is 0 Å². The standard InChI is InChI=1S/C27H32ClNO4S/c1-17-25(21-9-8-19(28)15-24(21)34-17)18-7-10-23(22(14-18)26(30)32-4)29-12-13-33-20(16-29)6-5-11-27(2,3)31/h7-10,14-15,20,31H,5-6,11-13,16H2,1-4H3/t20-/m1/s1. The average Bonchev–Trinajstić information content (AvgIpc) is 3.12. The second kappa shape index (κ2) is 10.2. The summed E-state index contributed by atoms with van der Waals surface area (Å²) >= 11 is 7.91. The number of halogens is 1. The van der Waals surface area contributed by atoms with E-state index >= 15 is 0 Å². The van der Waals surface area contributed by atoms with Crippen molar-refractivity contribution in [1.82, 2.24) is 0 Å². The minimum atomic E-state index is -0.669. The molecule has 0 spiro atoms. The van der Waals surface area contributed by atoms with Gasteiger partial charge in [0.1, 0.15) is 0 Å². The molecule has 2 heterocycles. The first-order valence-corrected chi connectivity index (χ1v) is 12.9. The maximum atomic E-state index is 12.8. The predicted molar refractivity (Wildman–Crippen MR) is 140 cm³/mol. The molecule has 1 N–H and O–H groups in total. The van der Waals surface area contributed by atoms with Gasteiger partial charge in [-0.3, -0.25) is 0 Å². The topological polar surface area (TPSA) is 59.0 Å². The minimum Gasteiger partial charge on any atom is -0.465 e. The van der Waals surface area contributed by atoms with E-state index < -0.39 is 5.60 Å². The summed E-state index contributed by atoms with van der Waals surface area (Å²) in [4.78, 5) is 16.2. The van der Waals surface area contributed by atoms with Crippen molar-refractivity contribution >= 4 is 44.7 Å². The summed E-state index contributed by atoms with van der Waals surface area (Å²) in [6.07, 6.45) is 2.55. The molecule has 7 heteroatoms. The second-order valence-corrected chi connectivity index (χ2v) is 11.2. The number of esters is 1. The van der Waals surface area contributed by atoms with Crippen LogP contribution in [-0.4, -0.2) is 49.6 Å². The summed E-state index contributed by atoms with van der Waals surface area (Å²) in [5.74, 6) is -0.345. The number of thiophene rings is 1. The molecule has 0 saturated carbocycles. The van der Waals surface area contributed by atoms with Gasteiger partial charge in [0.2, 0.25) is 0 Å². The first-order chi connectivity index (χ1) is 16.2. The quantitative estimate of drug-likeness (QED) is 0.376. The normalized spacial score (nSPS) is 16.8. The molecule has 1 aromatic heterocycles. The van der Waals surface area contributed by atoms with Gasteiger partial charge in [-0.25, -0.2) is 4.79 Å². The summed E-state index contributed by atoms with van der Waals surface area (Å²) in [6, 6.07) is 12.0. The molecule has 1 aliphatic heterocycles. The lowest BCUT2D eigenvalue weighted by atomic mass is 9.97. The first-order valence-electron chi connectivity index (χ1n) is 11.7. The number of methoxy groups -OCH3 is 1. The molecular weight excluding hydrogens is 470 g/mol. The third-order valence-corrected chi connectivity index (χ3v) is 7.62. The van der Waals surface area contributed by atoms with E-state index in [-0.39, 0.29) is 12.1 Å². The highest BCUT2D eigenvalue weighted by atomic mass is 35.5. The molecule has 0 radical (unpaired) electrons. The van der Waals surface area contributed by atoms with Crippen molar-refractivity contribution in [3.05, 3.63) is 51.9 Å². The molecule has 1 fully saturated rings. The highest BCUT2D eigenvalue weighted by Crippen LogP contribution is 2.41. The molecule has 1 atom stereocenters. The molecule has 182 valence electrons. The molecule has 0 aliphatic carbocycles. The molecule has 1 saturated heterocycles. The number of morpholine rings is 1. The number of aryl methyl sites for hydroxylation is 1. The van der Waals surface area contributed by atoms with Gasteiger partial charge < -0.3 is 19.5 Å². The third-order valence-electron chi connectivity index (χ3n) is 6.31. The summed E-state index contributed by atoms with van der Waals surface area (Å²) < 4.78 is 12.3. The minimum absolute atomic E-state index is 0.0640. The van der Waals surface area contributed by atoms with Crippen LogP contribution in [0.4, 0.5) is 5.69 Å². The van der Waals surface area contributed by atoms with E-state index in [1.807, 2.05) is 44.2 Å². The Morgan fingerprint density at radius 1 is 1.29 bits per heavy atom. The van der Waals surface area contributed by atoms with Gasteiger partial charge in [0, 0.05) is 38.6 Å². The van der Waals surface area contributed by atoms with E-state index in [0.29, 0.717) is 25.3 Å². The van der Waals surface area contributed by atoms with E-state index in [4.69, 9.17) is 21.1 Å². The number of ether oxygens (including phenoxy) is 2. The fraction of sp³-hybridized carbons (Fsp3) is 0.444. The van der Waals surface area contributed by atoms with Crippen LogP contribution in [0.2, 0.25) is 5.02 Å². The Kier molecular flexibility index (Phi) is 7.53. The van der Waals surface area contributed by atoms with Crippen LogP contribution in [0.25, 0.3) is 21.2 Å². The van der Waals surface area contributed by atoms with Crippen LogP contribution in [0.15, 0.2) is 36.4 Å². The molecule has 3 aromatic rings. The Morgan fingerprint density at radius 2 is 2.09 bits per heavy atom. The summed E-state index contributed by atoms with van der Waals surface area (Å²) in [7, 11) is 1.42. The molecule has 0 amide bonds. The van der Waals surface area contributed by atoms with Crippen molar-refractivity contribution in [2.75, 3.05) is 31.7 Å². The van der Waals surface area contributed by atoms with Crippen molar-refractivity contribution in [1.29, 1.82) is 0 Å². The fourth-order valence-corrected chi connectivity index (χ4v) is 6.03. The van der Waals surface area contributed by atoms with E-state index in [9.17, 15) is 9.90 Å². The molecule has 0 unspecified atom stereocenters. The fourth-order valence-electron chi connectivity index (χ4n) is 4.67. The van der Waals surface area contributed by atoms with Crippen molar-refractivity contribution in [2.24, 2.45) is 0 Å². The van der Waals surface area contributed by atoms with Crippen molar-refractivity contribution in [3.8, 4) is 11.1 Å². The number of benzene rings is 2. The number of hydrogen-bond acceptors (Lipinski definition) is 6. The van der Waals surface area contributed by atoms with Crippen LogP contribution >= 0.6 is 22.9 Å².